The van der Waals surface area contributed by atoms with Crippen LogP contribution in [0, 0.1) is 6.92 Å². The summed E-state index contributed by atoms with van der Waals surface area (Å²) in [4.78, 5) is 32.6. The number of ketones is 2. The van der Waals surface area contributed by atoms with Gasteiger partial charge in [-0.25, -0.2) is 4.98 Å². The molecule has 0 bridgehead atoms. The van der Waals surface area contributed by atoms with E-state index in [2.05, 4.69) is 65.7 Å². The largest absolute Gasteiger partial charge is 0.342 e. The molecule has 46 heavy (non-hydrogen) atoms. The Balaban J connectivity index is 0.000000210. The number of aryl methyl sites for hydroxylation is 1. The van der Waals surface area contributed by atoms with E-state index in [1.165, 1.54) is 11.1 Å². The van der Waals surface area contributed by atoms with E-state index in [-0.39, 0.29) is 0 Å². The Morgan fingerprint density at radius 1 is 0.500 bits per heavy atom. The lowest BCUT2D eigenvalue weighted by atomic mass is 9.99. The lowest BCUT2D eigenvalue weighted by Crippen LogP contribution is -2.14. The van der Waals surface area contributed by atoms with Crippen LogP contribution in [0.2, 0.25) is 0 Å². The lowest BCUT2D eigenvalue weighted by molar-refractivity contribution is 0.0817. The zero-order valence-electron chi connectivity index (χ0n) is 27.1. The standard InChI is InChI=1S/C22H22N2.C20H18O2/c1-4-6-17-8-12-19(13-9-17)21-22(24-16(3)23-21)20-14-10-18(7-5-2)11-15-20;1-3-5-15-7-11-17(12-8-15)19(21)20(22)18-13-9-16(6-4-2)10-14-18/h4-15H,1-3H3,(H,23,24);3-14H,1-2H3/b6-4+,7-5+;5-3+,6-4+. The molecule has 0 atom stereocenters. The highest BCUT2D eigenvalue weighted by molar-refractivity contribution is 6.49. The smallest absolute Gasteiger partial charge is 0.233 e. The van der Waals surface area contributed by atoms with Crippen LogP contribution in [0.25, 0.3) is 46.8 Å². The van der Waals surface area contributed by atoms with E-state index in [9.17, 15) is 9.59 Å². The quantitative estimate of drug-likeness (QED) is 0.134. The minimum absolute atomic E-state index is 0.413. The number of nitrogens with zero attached hydrogens (tertiary/aromatic N) is 1. The molecule has 5 aromatic rings. The molecule has 0 fully saturated rings. The van der Waals surface area contributed by atoms with Crippen LogP contribution >= 0.6 is 0 Å². The Kier molecular flexibility index (Phi) is 11.9. The summed E-state index contributed by atoms with van der Waals surface area (Å²) in [7, 11) is 0. The molecule has 4 aromatic carbocycles. The number of Topliss-reactive ketones (excluding diaryl/α,β-unsaturated/α-hetero) is 2. The van der Waals surface area contributed by atoms with Gasteiger partial charge in [0, 0.05) is 22.3 Å². The number of aromatic amines is 1. The van der Waals surface area contributed by atoms with Crippen LogP contribution in [-0.2, 0) is 0 Å². The number of rotatable bonds is 9. The van der Waals surface area contributed by atoms with Crippen LogP contribution in [0.5, 0.6) is 0 Å². The molecule has 0 radical (unpaired) electrons. The monoisotopic (exact) mass is 604 g/mol. The van der Waals surface area contributed by atoms with Crippen molar-refractivity contribution in [1.29, 1.82) is 0 Å². The molecule has 0 saturated heterocycles. The van der Waals surface area contributed by atoms with E-state index in [4.69, 9.17) is 4.98 Å². The van der Waals surface area contributed by atoms with Crippen molar-refractivity contribution in [2.24, 2.45) is 0 Å². The van der Waals surface area contributed by atoms with Gasteiger partial charge < -0.3 is 4.98 Å². The van der Waals surface area contributed by atoms with Gasteiger partial charge >= 0.3 is 0 Å². The van der Waals surface area contributed by atoms with Crippen LogP contribution in [-0.4, -0.2) is 21.5 Å². The maximum absolute atomic E-state index is 12.2. The number of benzene rings is 4. The number of carbonyl (C=O) groups excluding carboxylic acids is 2. The van der Waals surface area contributed by atoms with Crippen LogP contribution in [0.3, 0.4) is 0 Å². The van der Waals surface area contributed by atoms with Crippen molar-refractivity contribution in [3.63, 3.8) is 0 Å². The summed E-state index contributed by atoms with van der Waals surface area (Å²) >= 11 is 0. The van der Waals surface area contributed by atoms with Crippen molar-refractivity contribution in [1.82, 2.24) is 9.97 Å². The Hall–Kier alpha value is -5.61. The third-order valence-corrected chi connectivity index (χ3v) is 7.19. The SMILES string of the molecule is C/C=C/c1ccc(-c2nc(C)[nH]c2-c2ccc(/C=C/C)cc2)cc1.C/C=C/c1ccc(C(=O)C(=O)c2ccc(/C=C/C)cc2)cc1. The van der Waals surface area contributed by atoms with E-state index in [1.54, 1.807) is 24.3 Å². The van der Waals surface area contributed by atoms with Crippen molar-refractivity contribution >= 4 is 35.9 Å². The van der Waals surface area contributed by atoms with Gasteiger partial charge in [0.05, 0.1) is 11.4 Å². The second-order valence-corrected chi connectivity index (χ2v) is 10.7. The molecular formula is C42H40N2O2. The van der Waals surface area contributed by atoms with Gasteiger partial charge in [0.1, 0.15) is 5.82 Å². The molecule has 1 heterocycles. The van der Waals surface area contributed by atoms with Crippen molar-refractivity contribution in [3.8, 4) is 22.5 Å². The van der Waals surface area contributed by atoms with E-state index in [0.717, 1.165) is 39.5 Å². The molecule has 4 heteroatoms. The Labute approximate surface area is 272 Å². The summed E-state index contributed by atoms with van der Waals surface area (Å²) < 4.78 is 0. The summed E-state index contributed by atoms with van der Waals surface area (Å²) in [5, 5.41) is 0. The zero-order valence-corrected chi connectivity index (χ0v) is 27.1. The van der Waals surface area contributed by atoms with Gasteiger partial charge in [0.2, 0.25) is 11.6 Å². The normalized spacial score (nSPS) is 11.4. The topological polar surface area (TPSA) is 62.8 Å². The van der Waals surface area contributed by atoms with Gasteiger partial charge in [-0.05, 0) is 56.9 Å². The first kappa shape index (κ1) is 33.3. The zero-order chi connectivity index (χ0) is 32.9. The predicted octanol–water partition coefficient (Wildman–Crippen LogP) is 10.9. The maximum atomic E-state index is 12.2. The Morgan fingerprint density at radius 3 is 1.17 bits per heavy atom. The third-order valence-electron chi connectivity index (χ3n) is 7.19. The number of imidazole rings is 1. The van der Waals surface area contributed by atoms with E-state index in [1.807, 2.05) is 95.3 Å². The van der Waals surface area contributed by atoms with Crippen LogP contribution in [0.15, 0.2) is 121 Å². The summed E-state index contributed by atoms with van der Waals surface area (Å²) in [6.07, 6.45) is 16.0. The summed E-state index contributed by atoms with van der Waals surface area (Å²) in [6.45, 7) is 9.91. The van der Waals surface area contributed by atoms with Gasteiger partial charge in [0.15, 0.2) is 0 Å². The molecule has 230 valence electrons. The Morgan fingerprint density at radius 2 is 0.826 bits per heavy atom. The van der Waals surface area contributed by atoms with E-state index < -0.39 is 11.6 Å². The van der Waals surface area contributed by atoms with Crippen LogP contribution in [0.1, 0.15) is 76.5 Å². The van der Waals surface area contributed by atoms with Crippen molar-refractivity contribution in [3.05, 3.63) is 161 Å². The summed E-state index contributed by atoms with van der Waals surface area (Å²) in [5.74, 6) is -0.0355. The number of hydrogen-bond acceptors (Lipinski definition) is 3. The van der Waals surface area contributed by atoms with Gasteiger partial charge in [0.25, 0.3) is 0 Å². The number of carbonyl (C=O) groups is 2. The van der Waals surface area contributed by atoms with E-state index >= 15 is 0 Å². The number of aromatic nitrogens is 2. The molecule has 0 aliphatic rings. The number of nitrogens with one attached hydrogen (secondary N) is 1. The third kappa shape index (κ3) is 8.73. The highest BCUT2D eigenvalue weighted by Crippen LogP contribution is 2.30. The minimum atomic E-state index is -0.481. The number of H-pyrrole nitrogens is 1. The molecule has 0 aliphatic carbocycles. The summed E-state index contributed by atoms with van der Waals surface area (Å²) in [6, 6.07) is 31.1. The fourth-order valence-corrected chi connectivity index (χ4v) is 4.95. The average molecular weight is 605 g/mol. The maximum Gasteiger partial charge on any atom is 0.233 e. The predicted molar refractivity (Wildman–Crippen MR) is 195 cm³/mol. The van der Waals surface area contributed by atoms with Gasteiger partial charge in [-0.1, -0.05) is 146 Å². The van der Waals surface area contributed by atoms with Crippen molar-refractivity contribution < 1.29 is 9.59 Å². The fourth-order valence-electron chi connectivity index (χ4n) is 4.95. The minimum Gasteiger partial charge on any atom is -0.342 e. The highest BCUT2D eigenvalue weighted by Gasteiger charge is 2.18. The highest BCUT2D eigenvalue weighted by atomic mass is 16.2. The van der Waals surface area contributed by atoms with Crippen LogP contribution < -0.4 is 0 Å². The Bertz CT molecular complexity index is 1730. The molecule has 0 unspecified atom stereocenters. The second-order valence-electron chi connectivity index (χ2n) is 10.7. The molecule has 1 N–H and O–H groups in total. The van der Waals surface area contributed by atoms with Crippen molar-refractivity contribution in [2.45, 2.75) is 34.6 Å². The number of hydrogen-bond donors (Lipinski definition) is 1. The summed E-state index contributed by atoms with van der Waals surface area (Å²) in [5.41, 5.74) is 9.57. The first-order valence-electron chi connectivity index (χ1n) is 15.4. The molecule has 1 aromatic heterocycles. The fraction of sp³-hybridized carbons (Fsp3) is 0.119. The number of allylic oxidation sites excluding steroid dienone is 4. The molecule has 0 aliphatic heterocycles. The average Bonchev–Trinajstić information content (AvgIpc) is 3.48. The first-order chi connectivity index (χ1) is 22.4. The second kappa shape index (κ2) is 16.5. The van der Waals surface area contributed by atoms with Crippen molar-refractivity contribution in [2.75, 3.05) is 0 Å². The van der Waals surface area contributed by atoms with E-state index in [0.29, 0.717) is 11.1 Å². The molecular weight excluding hydrogens is 564 g/mol. The van der Waals surface area contributed by atoms with Gasteiger partial charge in [-0.15, -0.1) is 0 Å². The molecule has 4 nitrogen and oxygen atoms in total. The lowest BCUT2D eigenvalue weighted by Gasteiger charge is -2.05. The molecule has 0 saturated carbocycles. The first-order valence-corrected chi connectivity index (χ1v) is 15.4. The molecule has 0 amide bonds. The van der Waals surface area contributed by atoms with Crippen LogP contribution in [0.4, 0.5) is 0 Å². The van der Waals surface area contributed by atoms with Gasteiger partial charge in [-0.3, -0.25) is 9.59 Å². The molecule has 5 rings (SSSR count). The van der Waals surface area contributed by atoms with Gasteiger partial charge in [-0.2, -0.15) is 0 Å². The molecule has 0 spiro atoms.